The molecular weight excluding hydrogens is 362 g/mol. The molecule has 0 fully saturated rings. The largest absolute Gasteiger partial charge is 0.394 e. The van der Waals surface area contributed by atoms with Crippen LogP contribution in [0.2, 0.25) is 0 Å². The molecule has 0 saturated heterocycles. The van der Waals surface area contributed by atoms with Gasteiger partial charge in [-0.05, 0) is 17.0 Å². The van der Waals surface area contributed by atoms with E-state index in [-0.39, 0.29) is 10.9 Å². The molecule has 0 aliphatic heterocycles. The Morgan fingerprint density at radius 3 is 2.00 bits per heavy atom. The molecule has 1 aromatic carbocycles. The van der Waals surface area contributed by atoms with Gasteiger partial charge >= 0.3 is 0 Å². The van der Waals surface area contributed by atoms with Crippen LogP contribution in [0.3, 0.4) is 0 Å². The summed E-state index contributed by atoms with van der Waals surface area (Å²) in [5, 5.41) is 47.9. The average molecular weight is 390 g/mol. The van der Waals surface area contributed by atoms with Gasteiger partial charge in [-0.2, -0.15) is 0 Å². The van der Waals surface area contributed by atoms with Crippen molar-refractivity contribution in [2.75, 3.05) is 13.2 Å². The summed E-state index contributed by atoms with van der Waals surface area (Å²) in [7, 11) is 0. The van der Waals surface area contributed by atoms with E-state index in [1.807, 2.05) is 24.3 Å². The van der Waals surface area contributed by atoms with Crippen molar-refractivity contribution in [3.8, 4) is 0 Å². The van der Waals surface area contributed by atoms with Gasteiger partial charge in [0.25, 0.3) is 0 Å². The molecule has 0 bridgehead atoms. The Hall–Kier alpha value is -0.740. The fourth-order valence-corrected chi connectivity index (χ4v) is 2.63. The number of hydrogen-bond acceptors (Lipinski definition) is 6. The van der Waals surface area contributed by atoms with Crippen LogP contribution in [0.5, 0.6) is 0 Å². The first-order valence-electron chi connectivity index (χ1n) is 8.07. The lowest BCUT2D eigenvalue weighted by atomic mass is 10.0. The molecule has 0 saturated carbocycles. The van der Waals surface area contributed by atoms with Gasteiger partial charge in [-0.15, -0.1) is 12.6 Å². The molecule has 1 aromatic rings. The van der Waals surface area contributed by atoms with Gasteiger partial charge in [0.05, 0.1) is 6.61 Å². The molecule has 0 spiro atoms. The third kappa shape index (κ3) is 6.82. The van der Waals surface area contributed by atoms with Gasteiger partial charge in [-0.3, -0.25) is 0 Å². The second-order valence-corrected chi connectivity index (χ2v) is 7.47. The number of thiocarbonyl (C=S) groups is 1. The zero-order valence-corrected chi connectivity index (χ0v) is 16.1. The highest BCUT2D eigenvalue weighted by atomic mass is 32.1. The standard InChI is InChI=1S/C17H27NO5S2/c1-10(2)12-5-3-11(4-6-12)7-18(17(24)25)8-13(20)15(22)16(23)14(21)9-19/h3-6,10,13-16,19-23H,7-9H2,1-2H3,(H,24,25). The van der Waals surface area contributed by atoms with Crippen molar-refractivity contribution < 1.29 is 25.5 Å². The minimum atomic E-state index is -1.67. The Labute approximate surface area is 159 Å². The van der Waals surface area contributed by atoms with Crippen molar-refractivity contribution in [1.82, 2.24) is 4.90 Å². The molecule has 0 aromatic heterocycles. The second-order valence-electron chi connectivity index (χ2n) is 6.36. The highest BCUT2D eigenvalue weighted by molar-refractivity contribution is 8.10. The van der Waals surface area contributed by atoms with E-state index in [4.69, 9.17) is 17.3 Å². The summed E-state index contributed by atoms with van der Waals surface area (Å²) < 4.78 is 0.233. The summed E-state index contributed by atoms with van der Waals surface area (Å²) in [5.41, 5.74) is 2.17. The third-order valence-electron chi connectivity index (χ3n) is 4.02. The summed E-state index contributed by atoms with van der Waals surface area (Å²) in [4.78, 5) is 1.58. The number of thiol groups is 1. The van der Waals surface area contributed by atoms with E-state index in [1.54, 1.807) is 4.90 Å². The molecule has 0 aliphatic carbocycles. The molecule has 0 radical (unpaired) electrons. The van der Waals surface area contributed by atoms with Crippen LogP contribution in [-0.2, 0) is 6.54 Å². The Morgan fingerprint density at radius 2 is 1.56 bits per heavy atom. The Kier molecular flexibility index (Phi) is 9.29. The number of rotatable bonds is 9. The predicted octanol–water partition coefficient (Wildman–Crippen LogP) is 0.263. The molecule has 25 heavy (non-hydrogen) atoms. The summed E-state index contributed by atoms with van der Waals surface area (Å²) in [5.74, 6) is 0.424. The smallest absolute Gasteiger partial charge is 0.133 e. The van der Waals surface area contributed by atoms with Crippen molar-refractivity contribution in [3.05, 3.63) is 35.4 Å². The quantitative estimate of drug-likeness (QED) is 0.266. The summed E-state index contributed by atoms with van der Waals surface area (Å²) in [6, 6.07) is 7.96. The third-order valence-corrected chi connectivity index (χ3v) is 4.56. The number of benzene rings is 1. The average Bonchev–Trinajstić information content (AvgIpc) is 2.59. The van der Waals surface area contributed by atoms with Gasteiger partial charge in [-0.1, -0.05) is 50.3 Å². The number of hydrogen-bond donors (Lipinski definition) is 6. The van der Waals surface area contributed by atoms with Crippen molar-refractivity contribution in [3.63, 3.8) is 0 Å². The summed E-state index contributed by atoms with van der Waals surface area (Å²) >= 11 is 9.22. The van der Waals surface area contributed by atoms with Crippen LogP contribution in [0, 0.1) is 0 Å². The molecule has 4 unspecified atom stereocenters. The zero-order chi connectivity index (χ0) is 19.1. The summed E-state index contributed by atoms with van der Waals surface area (Å²) in [6.45, 7) is 3.79. The Balaban J connectivity index is 2.75. The lowest BCUT2D eigenvalue weighted by Gasteiger charge is -2.30. The zero-order valence-electron chi connectivity index (χ0n) is 14.4. The van der Waals surface area contributed by atoms with Crippen molar-refractivity contribution in [2.45, 2.75) is 50.7 Å². The van der Waals surface area contributed by atoms with Crippen molar-refractivity contribution in [1.29, 1.82) is 0 Å². The van der Waals surface area contributed by atoms with E-state index in [2.05, 4.69) is 26.5 Å². The van der Waals surface area contributed by atoms with Gasteiger partial charge in [0.2, 0.25) is 0 Å². The van der Waals surface area contributed by atoms with Crippen LogP contribution in [0.25, 0.3) is 0 Å². The minimum Gasteiger partial charge on any atom is -0.394 e. The molecule has 8 heteroatoms. The lowest BCUT2D eigenvalue weighted by molar-refractivity contribution is -0.117. The van der Waals surface area contributed by atoms with E-state index in [9.17, 15) is 20.4 Å². The molecule has 0 aliphatic rings. The van der Waals surface area contributed by atoms with E-state index in [0.717, 1.165) is 5.56 Å². The fraction of sp³-hybridized carbons (Fsp3) is 0.588. The Bertz CT molecular complexity index is 540. The molecular formula is C17H27NO5S2. The van der Waals surface area contributed by atoms with Crippen LogP contribution in [0.4, 0.5) is 0 Å². The molecule has 1 rings (SSSR count). The molecule has 6 nitrogen and oxygen atoms in total. The van der Waals surface area contributed by atoms with E-state index in [0.29, 0.717) is 12.5 Å². The normalized spacial score (nSPS) is 16.4. The molecule has 0 amide bonds. The van der Waals surface area contributed by atoms with Crippen LogP contribution in [0.15, 0.2) is 24.3 Å². The van der Waals surface area contributed by atoms with Gasteiger partial charge in [0.1, 0.15) is 28.7 Å². The summed E-state index contributed by atoms with van der Waals surface area (Å²) in [6.07, 6.45) is -6.21. The number of aliphatic hydroxyl groups excluding tert-OH is 5. The highest BCUT2D eigenvalue weighted by Gasteiger charge is 2.31. The Morgan fingerprint density at radius 1 is 1.04 bits per heavy atom. The SMILES string of the molecule is CC(C)c1ccc(CN(CC(O)C(O)C(O)C(O)CO)C(=S)S)cc1. The minimum absolute atomic E-state index is 0.0787. The maximum Gasteiger partial charge on any atom is 0.133 e. The van der Waals surface area contributed by atoms with Gasteiger partial charge in [0, 0.05) is 13.1 Å². The lowest BCUT2D eigenvalue weighted by Crippen LogP contribution is -2.49. The first kappa shape index (κ1) is 22.3. The van der Waals surface area contributed by atoms with Gasteiger partial charge in [-0.25, -0.2) is 0 Å². The van der Waals surface area contributed by atoms with Crippen molar-refractivity contribution >= 4 is 29.2 Å². The molecule has 142 valence electrons. The van der Waals surface area contributed by atoms with E-state index >= 15 is 0 Å². The number of aliphatic hydroxyl groups is 5. The van der Waals surface area contributed by atoms with E-state index < -0.39 is 31.0 Å². The molecule has 4 atom stereocenters. The van der Waals surface area contributed by atoms with E-state index in [1.165, 1.54) is 5.56 Å². The molecule has 0 heterocycles. The van der Waals surface area contributed by atoms with Gasteiger partial charge in [0.15, 0.2) is 0 Å². The maximum absolute atomic E-state index is 10.1. The first-order valence-corrected chi connectivity index (χ1v) is 8.92. The monoisotopic (exact) mass is 389 g/mol. The maximum atomic E-state index is 10.1. The molecule has 5 N–H and O–H groups in total. The van der Waals surface area contributed by atoms with Gasteiger partial charge < -0.3 is 30.4 Å². The first-order chi connectivity index (χ1) is 11.7. The fourth-order valence-electron chi connectivity index (χ4n) is 2.34. The number of nitrogens with zero attached hydrogens (tertiary/aromatic N) is 1. The highest BCUT2D eigenvalue weighted by Crippen LogP contribution is 2.17. The van der Waals surface area contributed by atoms with Crippen LogP contribution >= 0.6 is 24.8 Å². The topological polar surface area (TPSA) is 104 Å². The van der Waals surface area contributed by atoms with Crippen LogP contribution < -0.4 is 0 Å². The van der Waals surface area contributed by atoms with Crippen molar-refractivity contribution in [2.24, 2.45) is 0 Å². The van der Waals surface area contributed by atoms with Crippen LogP contribution in [-0.4, -0.2) is 72.3 Å². The predicted molar refractivity (Wildman–Crippen MR) is 104 cm³/mol. The van der Waals surface area contributed by atoms with Crippen LogP contribution in [0.1, 0.15) is 30.9 Å². The second kappa shape index (κ2) is 10.4.